The van der Waals surface area contributed by atoms with Gasteiger partial charge in [0.15, 0.2) is 5.65 Å². The van der Waals surface area contributed by atoms with Gasteiger partial charge >= 0.3 is 0 Å². The molecule has 0 saturated heterocycles. The normalized spacial score (nSPS) is 10.7. The van der Waals surface area contributed by atoms with Gasteiger partial charge in [0.25, 0.3) is 0 Å². The fourth-order valence-corrected chi connectivity index (χ4v) is 2.36. The number of nitrogens with one attached hydrogen (secondary N) is 1. The van der Waals surface area contributed by atoms with Crippen molar-refractivity contribution in [2.24, 2.45) is 0 Å². The number of halogens is 1. The van der Waals surface area contributed by atoms with E-state index in [1.54, 1.807) is 16.9 Å². The molecule has 2 aromatic heterocycles. The molecule has 0 atom stereocenters. The van der Waals surface area contributed by atoms with Crippen molar-refractivity contribution >= 4 is 33.2 Å². The highest BCUT2D eigenvalue weighted by atomic mass is 79.9. The van der Waals surface area contributed by atoms with E-state index in [9.17, 15) is 4.79 Å². The van der Waals surface area contributed by atoms with E-state index >= 15 is 0 Å². The van der Waals surface area contributed by atoms with Crippen LogP contribution in [-0.2, 0) is 4.79 Å². The number of benzene rings is 1. The third kappa shape index (κ3) is 2.42. The van der Waals surface area contributed by atoms with Gasteiger partial charge in [0.05, 0.1) is 12.4 Å². The highest BCUT2D eigenvalue weighted by molar-refractivity contribution is 9.10. The molecular formula is C14H11BrN4O. The number of anilines is 1. The van der Waals surface area contributed by atoms with Crippen LogP contribution in [0.2, 0.25) is 0 Å². The minimum Gasteiger partial charge on any atom is -0.326 e. The summed E-state index contributed by atoms with van der Waals surface area (Å²) >= 11 is 3.38. The third-order valence-electron chi connectivity index (χ3n) is 2.84. The maximum atomic E-state index is 11.1. The van der Waals surface area contributed by atoms with E-state index in [0.29, 0.717) is 0 Å². The van der Waals surface area contributed by atoms with E-state index in [2.05, 4.69) is 31.3 Å². The van der Waals surface area contributed by atoms with Crippen molar-refractivity contribution in [2.75, 3.05) is 5.32 Å². The third-order valence-corrected chi connectivity index (χ3v) is 3.38. The summed E-state index contributed by atoms with van der Waals surface area (Å²) in [4.78, 5) is 15.4. The molecular weight excluding hydrogens is 320 g/mol. The topological polar surface area (TPSA) is 59.3 Å². The first-order valence-electron chi connectivity index (χ1n) is 6.01. The number of aromatic nitrogens is 3. The minimum atomic E-state index is -0.0899. The van der Waals surface area contributed by atoms with Crippen molar-refractivity contribution < 1.29 is 4.79 Å². The van der Waals surface area contributed by atoms with Gasteiger partial charge in [0.2, 0.25) is 5.91 Å². The van der Waals surface area contributed by atoms with Crippen LogP contribution in [0.15, 0.2) is 47.3 Å². The minimum absolute atomic E-state index is 0.0899. The SMILES string of the molecule is CC(=O)Nc1cccc(-c2cnn3c(Br)cnc3c2)c1. The van der Waals surface area contributed by atoms with Gasteiger partial charge in [0.1, 0.15) is 4.60 Å². The first-order valence-corrected chi connectivity index (χ1v) is 6.80. The Morgan fingerprint density at radius 1 is 1.25 bits per heavy atom. The van der Waals surface area contributed by atoms with E-state index in [4.69, 9.17) is 0 Å². The summed E-state index contributed by atoms with van der Waals surface area (Å²) < 4.78 is 2.52. The second kappa shape index (κ2) is 5.05. The molecule has 2 heterocycles. The number of rotatable bonds is 2. The zero-order chi connectivity index (χ0) is 14.1. The number of hydrogen-bond donors (Lipinski definition) is 1. The first kappa shape index (κ1) is 12.8. The van der Waals surface area contributed by atoms with Gasteiger partial charge < -0.3 is 5.32 Å². The summed E-state index contributed by atoms with van der Waals surface area (Å²) in [6, 6.07) is 9.57. The lowest BCUT2D eigenvalue weighted by Crippen LogP contribution is -2.05. The molecule has 0 saturated carbocycles. The zero-order valence-electron chi connectivity index (χ0n) is 10.7. The molecule has 0 radical (unpaired) electrons. The molecule has 0 aliphatic heterocycles. The summed E-state index contributed by atoms with van der Waals surface area (Å²) in [5.74, 6) is -0.0899. The van der Waals surface area contributed by atoms with Crippen molar-refractivity contribution in [3.05, 3.63) is 47.3 Å². The lowest BCUT2D eigenvalue weighted by Gasteiger charge is -2.06. The summed E-state index contributed by atoms with van der Waals surface area (Å²) in [6.07, 6.45) is 3.48. The fourth-order valence-electron chi connectivity index (χ4n) is 1.98. The van der Waals surface area contributed by atoms with E-state index in [1.165, 1.54) is 6.92 Å². The van der Waals surface area contributed by atoms with Crippen molar-refractivity contribution in [3.8, 4) is 11.1 Å². The average Bonchev–Trinajstić information content (AvgIpc) is 2.79. The first-order chi connectivity index (χ1) is 9.63. The van der Waals surface area contributed by atoms with E-state index < -0.39 is 0 Å². The summed E-state index contributed by atoms with van der Waals surface area (Å²) in [5, 5.41) is 7.10. The van der Waals surface area contributed by atoms with Crippen molar-refractivity contribution in [1.29, 1.82) is 0 Å². The quantitative estimate of drug-likeness (QED) is 0.785. The van der Waals surface area contributed by atoms with Gasteiger partial charge in [-0.1, -0.05) is 12.1 Å². The number of carbonyl (C=O) groups excluding carboxylic acids is 1. The van der Waals surface area contributed by atoms with Gasteiger partial charge in [-0.15, -0.1) is 0 Å². The van der Waals surface area contributed by atoms with Gasteiger partial charge in [0, 0.05) is 18.2 Å². The van der Waals surface area contributed by atoms with Gasteiger partial charge in [-0.25, -0.2) is 9.50 Å². The maximum absolute atomic E-state index is 11.1. The molecule has 3 rings (SSSR count). The van der Waals surface area contributed by atoms with E-state index in [-0.39, 0.29) is 5.91 Å². The highest BCUT2D eigenvalue weighted by Crippen LogP contribution is 2.23. The number of fused-ring (bicyclic) bond motifs is 1. The average molecular weight is 331 g/mol. The van der Waals surface area contributed by atoms with Crippen LogP contribution in [0.5, 0.6) is 0 Å². The number of carbonyl (C=O) groups is 1. The Morgan fingerprint density at radius 2 is 2.10 bits per heavy atom. The van der Waals surface area contributed by atoms with Crippen LogP contribution in [0.25, 0.3) is 16.8 Å². The Labute approximate surface area is 123 Å². The maximum Gasteiger partial charge on any atom is 0.221 e. The predicted molar refractivity (Wildman–Crippen MR) is 80.4 cm³/mol. The summed E-state index contributed by atoms with van der Waals surface area (Å²) in [7, 11) is 0. The monoisotopic (exact) mass is 330 g/mol. The molecule has 0 aliphatic carbocycles. The molecule has 0 unspecified atom stereocenters. The number of imidazole rings is 1. The Morgan fingerprint density at radius 3 is 2.90 bits per heavy atom. The number of nitrogens with zero attached hydrogens (tertiary/aromatic N) is 3. The van der Waals surface area contributed by atoms with Gasteiger partial charge in [-0.3, -0.25) is 4.79 Å². The smallest absolute Gasteiger partial charge is 0.221 e. The molecule has 100 valence electrons. The largest absolute Gasteiger partial charge is 0.326 e. The Hall–Kier alpha value is -2.21. The Bertz CT molecular complexity index is 797. The lowest BCUT2D eigenvalue weighted by molar-refractivity contribution is -0.114. The fraction of sp³-hybridized carbons (Fsp3) is 0.0714. The molecule has 1 aromatic carbocycles. The second-order valence-corrected chi connectivity index (χ2v) is 5.17. The zero-order valence-corrected chi connectivity index (χ0v) is 12.3. The number of amides is 1. The predicted octanol–water partition coefficient (Wildman–Crippen LogP) is 3.12. The summed E-state index contributed by atoms with van der Waals surface area (Å²) in [6.45, 7) is 1.49. The van der Waals surface area contributed by atoms with E-state index in [1.807, 2.05) is 30.3 Å². The van der Waals surface area contributed by atoms with Crippen LogP contribution >= 0.6 is 15.9 Å². The molecule has 20 heavy (non-hydrogen) atoms. The summed E-state index contributed by atoms with van der Waals surface area (Å²) in [5.41, 5.74) is 3.45. The van der Waals surface area contributed by atoms with Crippen LogP contribution in [0.4, 0.5) is 5.69 Å². The molecule has 5 nitrogen and oxygen atoms in total. The number of hydrogen-bond acceptors (Lipinski definition) is 3. The molecule has 0 bridgehead atoms. The lowest BCUT2D eigenvalue weighted by atomic mass is 10.1. The van der Waals surface area contributed by atoms with E-state index in [0.717, 1.165) is 27.1 Å². The van der Waals surface area contributed by atoms with Crippen LogP contribution < -0.4 is 5.32 Å². The highest BCUT2D eigenvalue weighted by Gasteiger charge is 2.05. The van der Waals surface area contributed by atoms with Crippen molar-refractivity contribution in [2.45, 2.75) is 6.92 Å². The van der Waals surface area contributed by atoms with Crippen LogP contribution in [0.3, 0.4) is 0 Å². The van der Waals surface area contributed by atoms with Crippen LogP contribution in [0.1, 0.15) is 6.92 Å². The molecule has 0 fully saturated rings. The molecule has 6 heteroatoms. The molecule has 0 spiro atoms. The standard InChI is InChI=1S/C14H11BrN4O/c1-9(20)18-12-4-2-3-10(5-12)11-6-14-16-8-13(15)19(14)17-7-11/h2-8H,1H3,(H,18,20). The van der Waals surface area contributed by atoms with Gasteiger partial charge in [-0.2, -0.15) is 5.10 Å². The van der Waals surface area contributed by atoms with Crippen molar-refractivity contribution in [3.63, 3.8) is 0 Å². The van der Waals surface area contributed by atoms with Gasteiger partial charge in [-0.05, 0) is 39.7 Å². The van der Waals surface area contributed by atoms with Crippen LogP contribution in [0, 0.1) is 0 Å². The molecule has 3 aromatic rings. The van der Waals surface area contributed by atoms with Crippen molar-refractivity contribution in [1.82, 2.24) is 14.6 Å². The molecule has 1 N–H and O–H groups in total. The second-order valence-electron chi connectivity index (χ2n) is 4.36. The molecule has 1 amide bonds. The Balaban J connectivity index is 2.03. The Kier molecular flexibility index (Phi) is 3.23. The molecule has 0 aliphatic rings. The van der Waals surface area contributed by atoms with Crippen LogP contribution in [-0.4, -0.2) is 20.5 Å².